The zero-order chi connectivity index (χ0) is 12.6. The van der Waals surface area contributed by atoms with Crippen molar-refractivity contribution in [1.82, 2.24) is 0 Å². The summed E-state index contributed by atoms with van der Waals surface area (Å²) in [6.07, 6.45) is 1.58. The van der Waals surface area contributed by atoms with Gasteiger partial charge < -0.3 is 0 Å². The number of carbonyl (C=O) groups is 1. The summed E-state index contributed by atoms with van der Waals surface area (Å²) in [5.74, 6) is 6.74. The highest BCUT2D eigenvalue weighted by atomic mass is 16.1. The average molecular weight is 218 g/mol. The minimum atomic E-state index is -0.0101. The molecule has 0 aliphatic heterocycles. The van der Waals surface area contributed by atoms with Crippen LogP contribution in [0.15, 0.2) is 11.1 Å². The van der Waals surface area contributed by atoms with E-state index in [1.807, 2.05) is 6.92 Å². The second-order valence-corrected chi connectivity index (χ2v) is 6.31. The molecule has 0 unspecified atom stereocenters. The summed E-state index contributed by atoms with van der Waals surface area (Å²) in [7, 11) is 0. The van der Waals surface area contributed by atoms with Crippen LogP contribution >= 0.6 is 0 Å². The fourth-order valence-electron chi connectivity index (χ4n) is 1.90. The van der Waals surface area contributed by atoms with E-state index in [1.165, 1.54) is 0 Å². The van der Waals surface area contributed by atoms with Crippen LogP contribution in [0.1, 0.15) is 54.4 Å². The lowest BCUT2D eigenvalue weighted by molar-refractivity contribution is -0.116. The van der Waals surface area contributed by atoms with Gasteiger partial charge in [-0.05, 0) is 39.5 Å². The van der Waals surface area contributed by atoms with Crippen LogP contribution in [-0.2, 0) is 4.79 Å². The Morgan fingerprint density at radius 2 is 1.81 bits per heavy atom. The Hall–Kier alpha value is -1.03. The predicted octanol–water partition coefficient (Wildman–Crippen LogP) is 3.74. The van der Waals surface area contributed by atoms with Crippen LogP contribution in [0, 0.1) is 22.7 Å². The first kappa shape index (κ1) is 13.0. The molecule has 1 aliphatic carbocycles. The van der Waals surface area contributed by atoms with E-state index < -0.39 is 0 Å². The molecule has 88 valence electrons. The van der Waals surface area contributed by atoms with E-state index in [9.17, 15) is 4.79 Å². The van der Waals surface area contributed by atoms with Crippen molar-refractivity contribution in [2.24, 2.45) is 10.8 Å². The van der Waals surface area contributed by atoms with Gasteiger partial charge in [0.15, 0.2) is 5.78 Å². The molecule has 1 nitrogen and oxygen atoms in total. The number of Topliss-reactive ketones (excluding diaryl/α,β-unsaturated/α-hetero) is 1. The molecule has 0 aromatic carbocycles. The Labute approximate surface area is 99.3 Å². The van der Waals surface area contributed by atoms with Crippen LogP contribution in [0.2, 0.25) is 0 Å². The first-order valence-corrected chi connectivity index (χ1v) is 5.91. The van der Waals surface area contributed by atoms with Gasteiger partial charge in [0.1, 0.15) is 0 Å². The first-order chi connectivity index (χ1) is 7.13. The summed E-state index contributed by atoms with van der Waals surface area (Å²) in [5.41, 5.74) is 1.95. The first-order valence-electron chi connectivity index (χ1n) is 5.91. The van der Waals surface area contributed by atoms with E-state index in [1.54, 1.807) is 0 Å². The summed E-state index contributed by atoms with van der Waals surface area (Å²) in [5, 5.41) is 0. The maximum Gasteiger partial charge on any atom is 0.159 e. The largest absolute Gasteiger partial charge is 0.295 e. The fraction of sp³-hybridized carbons (Fsp3) is 0.667. The number of hydrogen-bond acceptors (Lipinski definition) is 1. The highest BCUT2D eigenvalue weighted by Crippen LogP contribution is 2.38. The van der Waals surface area contributed by atoms with Gasteiger partial charge in [-0.1, -0.05) is 25.7 Å². The molecule has 0 saturated heterocycles. The zero-order valence-electron chi connectivity index (χ0n) is 11.3. The number of hydrogen-bond donors (Lipinski definition) is 0. The van der Waals surface area contributed by atoms with Crippen molar-refractivity contribution in [2.75, 3.05) is 0 Å². The molecular weight excluding hydrogens is 196 g/mol. The molecule has 0 radical (unpaired) electrons. The van der Waals surface area contributed by atoms with E-state index in [-0.39, 0.29) is 16.6 Å². The van der Waals surface area contributed by atoms with Crippen molar-refractivity contribution in [3.8, 4) is 11.8 Å². The third-order valence-corrected chi connectivity index (χ3v) is 3.01. The van der Waals surface area contributed by atoms with Crippen LogP contribution in [0.25, 0.3) is 0 Å². The minimum Gasteiger partial charge on any atom is -0.295 e. The van der Waals surface area contributed by atoms with Gasteiger partial charge in [-0.15, -0.1) is 0 Å². The van der Waals surface area contributed by atoms with Gasteiger partial charge in [0, 0.05) is 23.0 Å². The van der Waals surface area contributed by atoms with E-state index in [0.29, 0.717) is 6.42 Å². The smallest absolute Gasteiger partial charge is 0.159 e. The van der Waals surface area contributed by atoms with Gasteiger partial charge in [-0.3, -0.25) is 4.79 Å². The second kappa shape index (κ2) is 4.09. The molecule has 0 spiro atoms. The molecule has 0 fully saturated rings. The van der Waals surface area contributed by atoms with E-state index in [0.717, 1.165) is 17.6 Å². The Balaban J connectivity index is 3.19. The number of ketones is 1. The van der Waals surface area contributed by atoms with Crippen LogP contribution in [-0.4, -0.2) is 5.78 Å². The lowest BCUT2D eigenvalue weighted by atomic mass is 9.72. The molecule has 0 bridgehead atoms. The maximum absolute atomic E-state index is 11.7. The molecule has 16 heavy (non-hydrogen) atoms. The van der Waals surface area contributed by atoms with Crippen molar-refractivity contribution in [3.05, 3.63) is 11.1 Å². The van der Waals surface area contributed by atoms with Crippen molar-refractivity contribution in [2.45, 2.75) is 54.4 Å². The van der Waals surface area contributed by atoms with Crippen molar-refractivity contribution >= 4 is 5.78 Å². The lowest BCUT2D eigenvalue weighted by Crippen LogP contribution is -2.24. The Morgan fingerprint density at radius 1 is 1.25 bits per heavy atom. The molecule has 0 N–H and O–H groups in total. The molecule has 0 aromatic heterocycles. The standard InChI is InChI=1S/C15H22O/c1-11-12(7-9-14(2,3)4)15(5,6)10-8-13(11)16/h8,10H2,1-6H3. The van der Waals surface area contributed by atoms with E-state index in [2.05, 4.69) is 46.5 Å². The van der Waals surface area contributed by atoms with Gasteiger partial charge >= 0.3 is 0 Å². The second-order valence-electron chi connectivity index (χ2n) is 6.31. The summed E-state index contributed by atoms with van der Waals surface area (Å²) in [6.45, 7) is 12.5. The van der Waals surface area contributed by atoms with Crippen molar-refractivity contribution < 1.29 is 4.79 Å². The van der Waals surface area contributed by atoms with E-state index in [4.69, 9.17) is 0 Å². The fourth-order valence-corrected chi connectivity index (χ4v) is 1.90. The average Bonchev–Trinajstić information content (AvgIpc) is 2.10. The Morgan fingerprint density at radius 3 is 2.31 bits per heavy atom. The SMILES string of the molecule is CC1=C(C#CC(C)(C)C)C(C)(C)CCC1=O. The minimum absolute atomic E-state index is 0.0101. The Kier molecular flexibility index (Phi) is 3.33. The Bertz CT molecular complexity index is 391. The van der Waals surface area contributed by atoms with Crippen LogP contribution in [0.5, 0.6) is 0 Å². The zero-order valence-corrected chi connectivity index (χ0v) is 11.3. The van der Waals surface area contributed by atoms with Crippen molar-refractivity contribution in [1.29, 1.82) is 0 Å². The molecule has 0 atom stereocenters. The maximum atomic E-state index is 11.7. The van der Waals surface area contributed by atoms with Crippen LogP contribution < -0.4 is 0 Å². The highest BCUT2D eigenvalue weighted by molar-refractivity contribution is 5.97. The number of rotatable bonds is 0. The summed E-state index contributed by atoms with van der Waals surface area (Å²) in [4.78, 5) is 11.7. The summed E-state index contributed by atoms with van der Waals surface area (Å²) < 4.78 is 0. The van der Waals surface area contributed by atoms with Gasteiger partial charge in [-0.2, -0.15) is 0 Å². The highest BCUT2D eigenvalue weighted by Gasteiger charge is 2.31. The third-order valence-electron chi connectivity index (χ3n) is 3.01. The van der Waals surface area contributed by atoms with Crippen molar-refractivity contribution in [3.63, 3.8) is 0 Å². The molecule has 0 saturated carbocycles. The monoisotopic (exact) mass is 218 g/mol. The molecule has 1 rings (SSSR count). The van der Waals surface area contributed by atoms with Gasteiger partial charge in [-0.25, -0.2) is 0 Å². The normalized spacial score (nSPS) is 20.5. The van der Waals surface area contributed by atoms with Crippen LogP contribution in [0.3, 0.4) is 0 Å². The number of carbonyl (C=O) groups excluding carboxylic acids is 1. The van der Waals surface area contributed by atoms with Crippen LogP contribution in [0.4, 0.5) is 0 Å². The molecular formula is C15H22O. The third kappa shape index (κ3) is 2.98. The molecule has 0 aromatic rings. The van der Waals surface area contributed by atoms with E-state index >= 15 is 0 Å². The van der Waals surface area contributed by atoms with Gasteiger partial charge in [0.05, 0.1) is 0 Å². The number of allylic oxidation sites excluding steroid dienone is 2. The molecule has 1 heteroatoms. The van der Waals surface area contributed by atoms with Gasteiger partial charge in [0.2, 0.25) is 0 Å². The molecule has 0 amide bonds. The molecule has 1 aliphatic rings. The summed E-state index contributed by atoms with van der Waals surface area (Å²) in [6, 6.07) is 0. The molecule has 0 heterocycles. The topological polar surface area (TPSA) is 17.1 Å². The lowest BCUT2D eigenvalue weighted by Gasteiger charge is -2.30. The summed E-state index contributed by atoms with van der Waals surface area (Å²) >= 11 is 0. The van der Waals surface area contributed by atoms with Gasteiger partial charge in [0.25, 0.3) is 0 Å². The predicted molar refractivity (Wildman–Crippen MR) is 68.0 cm³/mol. The quantitative estimate of drug-likeness (QED) is 0.566.